The first-order chi connectivity index (χ1) is 9.62. The molecular weight excluding hydrogens is 258 g/mol. The monoisotopic (exact) mass is 275 g/mol. The van der Waals surface area contributed by atoms with Gasteiger partial charge in [-0.2, -0.15) is 15.0 Å². The number of hydrogen-bond acceptors (Lipinski definition) is 7. The van der Waals surface area contributed by atoms with Crippen LogP contribution in [0.25, 0.3) is 0 Å². The number of nitrogens with one attached hydrogen (secondary N) is 1. The van der Waals surface area contributed by atoms with Crippen molar-refractivity contribution in [2.75, 3.05) is 31.4 Å². The van der Waals surface area contributed by atoms with Gasteiger partial charge in [-0.1, -0.05) is 12.1 Å². The molecule has 0 unspecified atom stereocenters. The summed E-state index contributed by atoms with van der Waals surface area (Å²) in [5.41, 5.74) is 0.817. The second kappa shape index (κ2) is 6.16. The van der Waals surface area contributed by atoms with Crippen LogP contribution in [0.15, 0.2) is 24.3 Å². The molecule has 0 fully saturated rings. The Morgan fingerprint density at radius 2 is 1.85 bits per heavy atom. The van der Waals surface area contributed by atoms with Crippen molar-refractivity contribution in [3.05, 3.63) is 29.8 Å². The fourth-order valence-electron chi connectivity index (χ4n) is 1.47. The molecule has 20 heavy (non-hydrogen) atoms. The number of benzene rings is 1. The highest BCUT2D eigenvalue weighted by molar-refractivity contribution is 5.38. The smallest absolute Gasteiger partial charge is 0.328 e. The van der Waals surface area contributed by atoms with E-state index in [1.807, 2.05) is 14.1 Å². The van der Waals surface area contributed by atoms with Gasteiger partial charge in [0.05, 0.1) is 6.61 Å². The number of hydrogen-bond donors (Lipinski definition) is 2. The first-order valence-electron chi connectivity index (χ1n) is 6.11. The molecule has 1 heterocycles. The van der Waals surface area contributed by atoms with Gasteiger partial charge in [-0.25, -0.2) is 0 Å². The van der Waals surface area contributed by atoms with E-state index >= 15 is 0 Å². The van der Waals surface area contributed by atoms with E-state index < -0.39 is 0 Å². The van der Waals surface area contributed by atoms with Crippen LogP contribution in [0, 0.1) is 0 Å². The van der Waals surface area contributed by atoms with Crippen LogP contribution in [-0.2, 0) is 6.61 Å². The Labute approximate surface area is 117 Å². The van der Waals surface area contributed by atoms with Gasteiger partial charge in [0.1, 0.15) is 5.75 Å². The third kappa shape index (κ3) is 3.33. The predicted molar refractivity (Wildman–Crippen MR) is 76.1 cm³/mol. The molecule has 2 aromatic rings. The standard InChI is InChI=1S/C13H17N5O2/c1-14-11-15-12(18(2)3)17-13(16-11)20-10-6-4-9(8-19)5-7-10/h4-7,19H,8H2,1-3H3,(H,14,15,16,17). The van der Waals surface area contributed by atoms with E-state index in [0.717, 1.165) is 5.56 Å². The van der Waals surface area contributed by atoms with Gasteiger partial charge in [0.15, 0.2) is 0 Å². The second-order valence-electron chi connectivity index (χ2n) is 4.29. The second-order valence-corrected chi connectivity index (χ2v) is 4.29. The molecule has 0 spiro atoms. The maximum Gasteiger partial charge on any atom is 0.328 e. The highest BCUT2D eigenvalue weighted by atomic mass is 16.5. The number of nitrogens with zero attached hydrogens (tertiary/aromatic N) is 4. The molecule has 0 bridgehead atoms. The van der Waals surface area contributed by atoms with E-state index in [-0.39, 0.29) is 12.6 Å². The third-order valence-corrected chi connectivity index (χ3v) is 2.54. The molecule has 1 aromatic heterocycles. The number of rotatable bonds is 5. The lowest BCUT2D eigenvalue weighted by Gasteiger charge is -2.12. The summed E-state index contributed by atoms with van der Waals surface area (Å²) < 4.78 is 5.60. The van der Waals surface area contributed by atoms with Crippen LogP contribution < -0.4 is 15.0 Å². The van der Waals surface area contributed by atoms with Gasteiger partial charge < -0.3 is 20.1 Å². The largest absolute Gasteiger partial charge is 0.424 e. The molecule has 2 rings (SSSR count). The van der Waals surface area contributed by atoms with E-state index in [0.29, 0.717) is 17.6 Å². The fraction of sp³-hybridized carbons (Fsp3) is 0.308. The van der Waals surface area contributed by atoms with Crippen LogP contribution in [0.3, 0.4) is 0 Å². The van der Waals surface area contributed by atoms with Gasteiger partial charge in [0.2, 0.25) is 11.9 Å². The molecule has 0 amide bonds. The topological polar surface area (TPSA) is 83.4 Å². The Hall–Kier alpha value is -2.41. The lowest BCUT2D eigenvalue weighted by molar-refractivity contribution is 0.281. The summed E-state index contributed by atoms with van der Waals surface area (Å²) in [4.78, 5) is 14.3. The van der Waals surface area contributed by atoms with Crippen LogP contribution in [-0.4, -0.2) is 41.2 Å². The number of aliphatic hydroxyl groups is 1. The minimum Gasteiger partial charge on any atom is -0.424 e. The summed E-state index contributed by atoms with van der Waals surface area (Å²) in [5.74, 6) is 1.54. The Bertz CT molecular complexity index is 571. The van der Waals surface area contributed by atoms with Crippen LogP contribution in [0.2, 0.25) is 0 Å². The van der Waals surface area contributed by atoms with Gasteiger partial charge in [0.25, 0.3) is 0 Å². The molecule has 2 N–H and O–H groups in total. The summed E-state index contributed by atoms with van der Waals surface area (Å²) in [6.45, 7) is 0.000712. The van der Waals surface area contributed by atoms with Crippen LogP contribution >= 0.6 is 0 Å². The lowest BCUT2D eigenvalue weighted by atomic mass is 10.2. The van der Waals surface area contributed by atoms with Gasteiger partial charge in [-0.15, -0.1) is 0 Å². The third-order valence-electron chi connectivity index (χ3n) is 2.54. The van der Waals surface area contributed by atoms with Crippen molar-refractivity contribution >= 4 is 11.9 Å². The number of aliphatic hydroxyl groups excluding tert-OH is 1. The normalized spacial score (nSPS) is 10.2. The Balaban J connectivity index is 2.24. The van der Waals surface area contributed by atoms with E-state index in [1.165, 1.54) is 0 Å². The molecule has 7 nitrogen and oxygen atoms in total. The number of aromatic nitrogens is 3. The van der Waals surface area contributed by atoms with Gasteiger partial charge in [-0.3, -0.25) is 0 Å². The number of anilines is 2. The molecule has 0 atom stereocenters. The van der Waals surface area contributed by atoms with Crippen molar-refractivity contribution in [3.63, 3.8) is 0 Å². The quantitative estimate of drug-likeness (QED) is 0.850. The van der Waals surface area contributed by atoms with Crippen LogP contribution in [0.1, 0.15) is 5.56 Å². The molecule has 0 aliphatic rings. The SMILES string of the molecule is CNc1nc(Oc2ccc(CO)cc2)nc(N(C)C)n1. The summed E-state index contributed by atoms with van der Waals surface area (Å²) >= 11 is 0. The summed E-state index contributed by atoms with van der Waals surface area (Å²) in [6, 6.07) is 7.28. The molecular formula is C13H17N5O2. The van der Waals surface area contributed by atoms with Crippen LogP contribution in [0.4, 0.5) is 11.9 Å². The van der Waals surface area contributed by atoms with Crippen molar-refractivity contribution in [3.8, 4) is 11.8 Å². The molecule has 0 saturated heterocycles. The molecule has 0 aliphatic carbocycles. The van der Waals surface area contributed by atoms with Gasteiger partial charge in [-0.05, 0) is 17.7 Å². The Morgan fingerprint density at radius 3 is 2.40 bits per heavy atom. The fourth-order valence-corrected chi connectivity index (χ4v) is 1.47. The molecule has 1 aromatic carbocycles. The number of ether oxygens (including phenoxy) is 1. The first kappa shape index (κ1) is 14.0. The van der Waals surface area contributed by atoms with Crippen LogP contribution in [0.5, 0.6) is 11.8 Å². The maximum absolute atomic E-state index is 9.00. The molecule has 0 aliphatic heterocycles. The first-order valence-corrected chi connectivity index (χ1v) is 6.11. The van der Waals surface area contributed by atoms with Crippen molar-refractivity contribution in [2.24, 2.45) is 0 Å². The van der Waals surface area contributed by atoms with Crippen molar-refractivity contribution in [1.29, 1.82) is 0 Å². The minimum atomic E-state index is 0.000712. The van der Waals surface area contributed by atoms with E-state index in [4.69, 9.17) is 9.84 Å². The van der Waals surface area contributed by atoms with Gasteiger partial charge >= 0.3 is 6.01 Å². The Kier molecular flexibility index (Phi) is 4.31. The molecule has 106 valence electrons. The van der Waals surface area contributed by atoms with E-state index in [9.17, 15) is 0 Å². The average molecular weight is 275 g/mol. The van der Waals surface area contributed by atoms with E-state index in [1.54, 1.807) is 36.2 Å². The maximum atomic E-state index is 9.00. The lowest BCUT2D eigenvalue weighted by Crippen LogP contribution is -2.15. The zero-order valence-electron chi connectivity index (χ0n) is 11.7. The zero-order valence-corrected chi connectivity index (χ0v) is 11.7. The van der Waals surface area contributed by atoms with Crippen molar-refractivity contribution in [2.45, 2.75) is 6.61 Å². The highest BCUT2D eigenvalue weighted by Gasteiger charge is 2.09. The van der Waals surface area contributed by atoms with Gasteiger partial charge in [0, 0.05) is 21.1 Å². The predicted octanol–water partition coefficient (Wildman–Crippen LogP) is 1.26. The molecule has 0 radical (unpaired) electrons. The molecule has 0 saturated carbocycles. The summed E-state index contributed by atoms with van der Waals surface area (Å²) in [5, 5.41) is 11.9. The summed E-state index contributed by atoms with van der Waals surface area (Å²) in [6.07, 6.45) is 0. The van der Waals surface area contributed by atoms with Crippen molar-refractivity contribution < 1.29 is 9.84 Å². The Morgan fingerprint density at radius 1 is 1.15 bits per heavy atom. The average Bonchev–Trinajstić information content (AvgIpc) is 2.47. The van der Waals surface area contributed by atoms with Crippen molar-refractivity contribution in [1.82, 2.24) is 15.0 Å². The molecule has 7 heteroatoms. The van der Waals surface area contributed by atoms with E-state index in [2.05, 4.69) is 20.3 Å². The highest BCUT2D eigenvalue weighted by Crippen LogP contribution is 2.20. The summed E-state index contributed by atoms with van der Waals surface area (Å²) in [7, 11) is 5.41. The zero-order chi connectivity index (χ0) is 14.5. The minimum absolute atomic E-state index is 0.000712.